The molecule has 0 aromatic heterocycles. The molecule has 0 amide bonds. The zero-order valence-electron chi connectivity index (χ0n) is 11.2. The van der Waals surface area contributed by atoms with Crippen molar-refractivity contribution in [1.82, 2.24) is 0 Å². The maximum absolute atomic E-state index is 11.6. The van der Waals surface area contributed by atoms with Crippen molar-refractivity contribution < 1.29 is 19.0 Å². The van der Waals surface area contributed by atoms with Crippen LogP contribution in [0.2, 0.25) is 0 Å². The van der Waals surface area contributed by atoms with E-state index in [0.29, 0.717) is 31.1 Å². The van der Waals surface area contributed by atoms with E-state index in [4.69, 9.17) is 14.2 Å². The van der Waals surface area contributed by atoms with Crippen LogP contribution >= 0.6 is 0 Å². The molecule has 100 valence electrons. The third-order valence-electron chi connectivity index (χ3n) is 2.44. The molecule has 0 saturated heterocycles. The number of carbonyl (C=O) groups excluding carboxylic acids is 1. The fourth-order valence-electron chi connectivity index (χ4n) is 1.52. The molecule has 4 nitrogen and oxygen atoms in total. The van der Waals surface area contributed by atoms with Gasteiger partial charge in [0.15, 0.2) is 0 Å². The van der Waals surface area contributed by atoms with Gasteiger partial charge in [-0.2, -0.15) is 0 Å². The van der Waals surface area contributed by atoms with Crippen LogP contribution < -0.4 is 4.74 Å². The predicted octanol–water partition coefficient (Wildman–Crippen LogP) is 2.59. The molecule has 0 saturated carbocycles. The van der Waals surface area contributed by atoms with Gasteiger partial charge in [0.2, 0.25) is 0 Å². The Balaban J connectivity index is 2.62. The summed E-state index contributed by atoms with van der Waals surface area (Å²) in [5, 5.41) is 0. The summed E-state index contributed by atoms with van der Waals surface area (Å²) in [5.41, 5.74) is 1.50. The summed E-state index contributed by atoms with van der Waals surface area (Å²) < 4.78 is 15.5. The van der Waals surface area contributed by atoms with E-state index in [1.165, 1.54) is 7.11 Å². The van der Waals surface area contributed by atoms with E-state index in [1.54, 1.807) is 6.07 Å². The van der Waals surface area contributed by atoms with E-state index >= 15 is 0 Å². The molecule has 18 heavy (non-hydrogen) atoms. The van der Waals surface area contributed by atoms with Crippen LogP contribution in [-0.2, 0) is 9.47 Å². The van der Waals surface area contributed by atoms with Crippen LogP contribution in [0.5, 0.6) is 5.75 Å². The van der Waals surface area contributed by atoms with Gasteiger partial charge >= 0.3 is 5.97 Å². The maximum atomic E-state index is 11.6. The molecule has 0 bridgehead atoms. The zero-order chi connectivity index (χ0) is 13.4. The molecule has 0 radical (unpaired) electrons. The Hall–Kier alpha value is -1.55. The van der Waals surface area contributed by atoms with Gasteiger partial charge in [0.1, 0.15) is 11.3 Å². The summed E-state index contributed by atoms with van der Waals surface area (Å²) in [4.78, 5) is 11.6. The van der Waals surface area contributed by atoms with E-state index in [9.17, 15) is 4.79 Å². The Morgan fingerprint density at radius 3 is 2.72 bits per heavy atom. The van der Waals surface area contributed by atoms with Crippen molar-refractivity contribution in [2.45, 2.75) is 20.3 Å². The Labute approximate surface area is 108 Å². The average molecular weight is 252 g/mol. The number of aryl methyl sites for hydroxylation is 1. The number of ether oxygens (including phenoxy) is 3. The van der Waals surface area contributed by atoms with Crippen molar-refractivity contribution in [2.75, 3.05) is 26.9 Å². The lowest BCUT2D eigenvalue weighted by Gasteiger charge is -2.11. The second-order valence-electron chi connectivity index (χ2n) is 3.89. The molecule has 0 fully saturated rings. The van der Waals surface area contributed by atoms with Gasteiger partial charge in [0, 0.05) is 19.6 Å². The highest BCUT2D eigenvalue weighted by Gasteiger charge is 2.12. The molecule has 0 heterocycles. The van der Waals surface area contributed by atoms with E-state index in [0.717, 1.165) is 12.0 Å². The van der Waals surface area contributed by atoms with Gasteiger partial charge < -0.3 is 14.2 Å². The minimum absolute atomic E-state index is 0.380. The summed E-state index contributed by atoms with van der Waals surface area (Å²) >= 11 is 0. The van der Waals surface area contributed by atoms with Gasteiger partial charge in [-0.1, -0.05) is 6.07 Å². The van der Waals surface area contributed by atoms with Crippen LogP contribution in [0.15, 0.2) is 18.2 Å². The lowest BCUT2D eigenvalue weighted by atomic mass is 10.1. The SMILES string of the molecule is CCOCCCOc1cc(C)ccc1C(=O)OC. The van der Waals surface area contributed by atoms with Crippen LogP contribution in [0.25, 0.3) is 0 Å². The Morgan fingerprint density at radius 2 is 2.06 bits per heavy atom. The fourth-order valence-corrected chi connectivity index (χ4v) is 1.52. The molecule has 1 aromatic carbocycles. The van der Waals surface area contributed by atoms with E-state index in [2.05, 4.69) is 0 Å². The zero-order valence-corrected chi connectivity index (χ0v) is 11.2. The molecular weight excluding hydrogens is 232 g/mol. The van der Waals surface area contributed by atoms with Gasteiger partial charge in [0.25, 0.3) is 0 Å². The van der Waals surface area contributed by atoms with Crippen molar-refractivity contribution in [3.63, 3.8) is 0 Å². The number of methoxy groups -OCH3 is 1. The highest BCUT2D eigenvalue weighted by atomic mass is 16.5. The Morgan fingerprint density at radius 1 is 1.28 bits per heavy atom. The molecular formula is C14H20O4. The lowest BCUT2D eigenvalue weighted by molar-refractivity contribution is 0.0595. The summed E-state index contributed by atoms with van der Waals surface area (Å²) in [6, 6.07) is 5.42. The van der Waals surface area contributed by atoms with Crippen LogP contribution in [0.3, 0.4) is 0 Å². The van der Waals surface area contributed by atoms with Gasteiger partial charge in [-0.15, -0.1) is 0 Å². The van der Waals surface area contributed by atoms with E-state index in [1.807, 2.05) is 26.0 Å². The van der Waals surface area contributed by atoms with Gasteiger partial charge in [0.05, 0.1) is 13.7 Å². The number of hydrogen-bond donors (Lipinski definition) is 0. The van der Waals surface area contributed by atoms with Crippen LogP contribution in [0, 0.1) is 6.92 Å². The first-order valence-corrected chi connectivity index (χ1v) is 6.08. The smallest absolute Gasteiger partial charge is 0.341 e. The van der Waals surface area contributed by atoms with E-state index in [-0.39, 0.29) is 5.97 Å². The first-order valence-electron chi connectivity index (χ1n) is 6.08. The predicted molar refractivity (Wildman–Crippen MR) is 69.1 cm³/mol. The standard InChI is InChI=1S/C14H20O4/c1-4-17-8-5-9-18-13-10-11(2)6-7-12(13)14(15)16-3/h6-7,10H,4-5,8-9H2,1-3H3. The number of benzene rings is 1. The van der Waals surface area contributed by atoms with Crippen LogP contribution in [0.4, 0.5) is 0 Å². The lowest BCUT2D eigenvalue weighted by Crippen LogP contribution is -2.08. The van der Waals surface area contributed by atoms with Gasteiger partial charge in [-0.25, -0.2) is 4.79 Å². The Kier molecular flexibility index (Phi) is 6.22. The average Bonchev–Trinajstić information content (AvgIpc) is 2.38. The summed E-state index contributed by atoms with van der Waals surface area (Å²) in [6.07, 6.45) is 0.794. The number of carbonyl (C=O) groups is 1. The summed E-state index contributed by atoms with van der Waals surface area (Å²) in [5.74, 6) is 0.188. The molecule has 0 aliphatic rings. The minimum Gasteiger partial charge on any atom is -0.493 e. The normalized spacial score (nSPS) is 10.2. The maximum Gasteiger partial charge on any atom is 0.341 e. The molecule has 0 unspecified atom stereocenters. The molecule has 1 aromatic rings. The third kappa shape index (κ3) is 4.37. The van der Waals surface area contributed by atoms with Crippen molar-refractivity contribution >= 4 is 5.97 Å². The molecule has 4 heteroatoms. The molecule has 0 N–H and O–H groups in total. The quantitative estimate of drug-likeness (QED) is 0.552. The van der Waals surface area contributed by atoms with Crippen LogP contribution in [0.1, 0.15) is 29.3 Å². The number of hydrogen-bond acceptors (Lipinski definition) is 4. The van der Waals surface area contributed by atoms with Crippen molar-refractivity contribution in [1.29, 1.82) is 0 Å². The van der Waals surface area contributed by atoms with Gasteiger partial charge in [-0.3, -0.25) is 0 Å². The molecule has 0 atom stereocenters. The number of rotatable bonds is 7. The minimum atomic E-state index is -0.380. The second kappa shape index (κ2) is 7.71. The van der Waals surface area contributed by atoms with Gasteiger partial charge in [-0.05, 0) is 31.5 Å². The van der Waals surface area contributed by atoms with Crippen molar-refractivity contribution in [3.8, 4) is 5.75 Å². The van der Waals surface area contributed by atoms with Crippen molar-refractivity contribution in [3.05, 3.63) is 29.3 Å². The monoisotopic (exact) mass is 252 g/mol. The summed E-state index contributed by atoms with van der Waals surface area (Å²) in [7, 11) is 1.36. The third-order valence-corrected chi connectivity index (χ3v) is 2.44. The Bertz CT molecular complexity index is 387. The first-order chi connectivity index (χ1) is 8.69. The topological polar surface area (TPSA) is 44.8 Å². The second-order valence-corrected chi connectivity index (χ2v) is 3.89. The van der Waals surface area contributed by atoms with Crippen molar-refractivity contribution in [2.24, 2.45) is 0 Å². The molecule has 0 aliphatic heterocycles. The first kappa shape index (κ1) is 14.5. The highest BCUT2D eigenvalue weighted by Crippen LogP contribution is 2.21. The van der Waals surface area contributed by atoms with E-state index < -0.39 is 0 Å². The highest BCUT2D eigenvalue weighted by molar-refractivity contribution is 5.92. The largest absolute Gasteiger partial charge is 0.493 e. The van der Waals surface area contributed by atoms with Crippen LogP contribution in [-0.4, -0.2) is 32.9 Å². The molecule has 0 spiro atoms. The fraction of sp³-hybridized carbons (Fsp3) is 0.500. The molecule has 1 rings (SSSR count). The summed E-state index contributed by atoms with van der Waals surface area (Å²) in [6.45, 7) is 5.80. The molecule has 0 aliphatic carbocycles. The number of esters is 1.